The van der Waals surface area contributed by atoms with E-state index in [1.807, 2.05) is 0 Å². The Labute approximate surface area is 155 Å². The summed E-state index contributed by atoms with van der Waals surface area (Å²) in [5.74, 6) is -0.999. The summed E-state index contributed by atoms with van der Waals surface area (Å²) in [4.78, 5) is 39.8. The van der Waals surface area contributed by atoms with Crippen LogP contribution in [-0.4, -0.2) is 40.4 Å². The molecule has 2 bridgehead atoms. The molecule has 7 heteroatoms. The highest BCUT2D eigenvalue weighted by Crippen LogP contribution is 2.24. The maximum Gasteiger partial charge on any atom is 0.268 e. The number of amides is 2. The van der Waals surface area contributed by atoms with Gasteiger partial charge in [-0.15, -0.1) is 0 Å². The fraction of sp³-hybridized carbons (Fsp3) is 0.350. The van der Waals surface area contributed by atoms with Crippen molar-refractivity contribution in [2.24, 2.45) is 5.92 Å². The molecule has 3 aliphatic rings. The molecular formula is C20H20FN3O3. The summed E-state index contributed by atoms with van der Waals surface area (Å²) >= 11 is 0. The van der Waals surface area contributed by atoms with E-state index in [-0.39, 0.29) is 29.3 Å². The van der Waals surface area contributed by atoms with E-state index in [0.717, 1.165) is 12.8 Å². The molecule has 1 N–H and O–H groups in total. The highest BCUT2D eigenvalue weighted by Gasteiger charge is 2.37. The second-order valence-corrected chi connectivity index (χ2v) is 7.22. The molecule has 0 spiro atoms. The van der Waals surface area contributed by atoms with Gasteiger partial charge in [-0.05, 0) is 55.7 Å². The van der Waals surface area contributed by atoms with Crippen molar-refractivity contribution in [1.29, 1.82) is 0 Å². The summed E-state index contributed by atoms with van der Waals surface area (Å²) in [6.07, 6.45) is 3.18. The summed E-state index contributed by atoms with van der Waals surface area (Å²) < 4.78 is 14.5. The van der Waals surface area contributed by atoms with E-state index < -0.39 is 11.4 Å². The summed E-state index contributed by atoms with van der Waals surface area (Å²) in [7, 11) is 0. The van der Waals surface area contributed by atoms with Crippen molar-refractivity contribution in [2.45, 2.75) is 25.8 Å². The summed E-state index contributed by atoms with van der Waals surface area (Å²) in [6.45, 7) is 2.45. The van der Waals surface area contributed by atoms with Crippen molar-refractivity contribution in [1.82, 2.24) is 14.8 Å². The zero-order valence-electron chi connectivity index (χ0n) is 14.9. The lowest BCUT2D eigenvalue weighted by Gasteiger charge is -2.23. The van der Waals surface area contributed by atoms with Crippen molar-refractivity contribution >= 4 is 11.8 Å². The summed E-state index contributed by atoms with van der Waals surface area (Å²) in [6, 6.07) is 7.17. The van der Waals surface area contributed by atoms with Crippen molar-refractivity contribution in [3.05, 3.63) is 63.8 Å². The van der Waals surface area contributed by atoms with Crippen molar-refractivity contribution < 1.29 is 14.0 Å². The molecule has 5 rings (SSSR count). The normalized spacial score (nSPS) is 21.7. The number of rotatable bonds is 2. The minimum absolute atomic E-state index is 0.0185. The van der Waals surface area contributed by atoms with Crippen molar-refractivity contribution in [3.8, 4) is 5.69 Å². The predicted octanol–water partition coefficient (Wildman–Crippen LogP) is 1.64. The number of carbonyl (C=O) groups is 2. The van der Waals surface area contributed by atoms with Gasteiger partial charge >= 0.3 is 0 Å². The molecule has 3 aliphatic heterocycles. The number of aryl methyl sites for hydroxylation is 1. The third kappa shape index (κ3) is 3.13. The number of pyridine rings is 1. The first kappa shape index (κ1) is 17.5. The second-order valence-electron chi connectivity index (χ2n) is 7.22. The Kier molecular flexibility index (Phi) is 4.30. The molecule has 0 aliphatic carbocycles. The van der Waals surface area contributed by atoms with Crippen LogP contribution in [0.4, 0.5) is 4.39 Å². The monoisotopic (exact) mass is 369 g/mol. The number of hydrogen-bond acceptors (Lipinski definition) is 3. The third-order valence-electron chi connectivity index (χ3n) is 5.37. The minimum Gasteiger partial charge on any atom is -0.351 e. The largest absolute Gasteiger partial charge is 0.351 e. The standard InChI is InChI=1S/C20H20FN3O3/c1-12-8-9-24(16-6-3-14(21)4-7-16)20(27)17(12)19(26)23-10-13-2-5-15(11-23)22-18(13)25/h3-4,6-9,13,15H,2,5,10-11H2,1H3,(H,22,25)/t13-,15+/m1/s1. The summed E-state index contributed by atoms with van der Waals surface area (Å²) in [5.41, 5.74) is 0.723. The zero-order chi connectivity index (χ0) is 19.1. The van der Waals surface area contributed by atoms with Crippen LogP contribution in [0.2, 0.25) is 0 Å². The Balaban J connectivity index is 1.72. The van der Waals surface area contributed by atoms with Gasteiger partial charge in [0.25, 0.3) is 11.5 Å². The van der Waals surface area contributed by atoms with Gasteiger partial charge in [0.2, 0.25) is 5.91 Å². The van der Waals surface area contributed by atoms with E-state index in [1.54, 1.807) is 24.1 Å². The molecule has 2 aromatic rings. The fourth-order valence-corrected chi connectivity index (χ4v) is 3.86. The highest BCUT2D eigenvalue weighted by atomic mass is 19.1. The number of fused-ring (bicyclic) bond motifs is 4. The molecule has 4 heterocycles. The van der Waals surface area contributed by atoms with E-state index >= 15 is 0 Å². The number of aromatic nitrogens is 1. The quantitative estimate of drug-likeness (QED) is 0.875. The molecule has 1 aromatic heterocycles. The molecule has 2 amide bonds. The molecule has 0 saturated carbocycles. The van der Waals surface area contributed by atoms with Crippen LogP contribution in [0.25, 0.3) is 5.69 Å². The average molecular weight is 369 g/mol. The summed E-state index contributed by atoms with van der Waals surface area (Å²) in [5, 5.41) is 2.93. The van der Waals surface area contributed by atoms with Crippen molar-refractivity contribution in [3.63, 3.8) is 0 Å². The Bertz CT molecular complexity index is 967. The molecule has 6 nitrogen and oxygen atoms in total. The Morgan fingerprint density at radius 3 is 2.56 bits per heavy atom. The van der Waals surface area contributed by atoms with Crippen LogP contribution in [0.1, 0.15) is 28.8 Å². The second kappa shape index (κ2) is 6.64. The molecule has 1 aromatic carbocycles. The lowest BCUT2D eigenvalue weighted by atomic mass is 9.96. The Hall–Kier alpha value is -2.96. The van der Waals surface area contributed by atoms with Crippen LogP contribution < -0.4 is 10.9 Å². The molecule has 27 heavy (non-hydrogen) atoms. The molecule has 0 unspecified atom stereocenters. The smallest absolute Gasteiger partial charge is 0.268 e. The molecule has 0 radical (unpaired) electrons. The van der Waals surface area contributed by atoms with Gasteiger partial charge in [0.05, 0.1) is 5.92 Å². The molecule has 140 valence electrons. The van der Waals surface area contributed by atoms with Crippen LogP contribution >= 0.6 is 0 Å². The molecular weight excluding hydrogens is 349 g/mol. The van der Waals surface area contributed by atoms with Crippen LogP contribution in [0.15, 0.2) is 41.3 Å². The number of halogens is 1. The van der Waals surface area contributed by atoms with Gasteiger partial charge in [-0.25, -0.2) is 4.39 Å². The van der Waals surface area contributed by atoms with Gasteiger partial charge in [-0.1, -0.05) is 0 Å². The topological polar surface area (TPSA) is 71.4 Å². The van der Waals surface area contributed by atoms with E-state index in [9.17, 15) is 18.8 Å². The Morgan fingerprint density at radius 1 is 1.11 bits per heavy atom. The average Bonchev–Trinajstić information content (AvgIpc) is 2.94. The van der Waals surface area contributed by atoms with Gasteiger partial charge < -0.3 is 10.2 Å². The predicted molar refractivity (Wildman–Crippen MR) is 97.3 cm³/mol. The first-order valence-corrected chi connectivity index (χ1v) is 9.02. The van der Waals surface area contributed by atoms with Gasteiger partial charge in [0.1, 0.15) is 11.4 Å². The van der Waals surface area contributed by atoms with Gasteiger partial charge in [-0.2, -0.15) is 0 Å². The maximum absolute atomic E-state index is 13.2. The lowest BCUT2D eigenvalue weighted by molar-refractivity contribution is -0.126. The molecule has 2 atom stereocenters. The van der Waals surface area contributed by atoms with Gasteiger partial charge in [-0.3, -0.25) is 19.0 Å². The minimum atomic E-state index is -0.442. The highest BCUT2D eigenvalue weighted by molar-refractivity contribution is 5.96. The van der Waals surface area contributed by atoms with E-state index in [1.165, 1.54) is 28.8 Å². The van der Waals surface area contributed by atoms with E-state index in [0.29, 0.717) is 24.3 Å². The third-order valence-corrected chi connectivity index (χ3v) is 5.37. The van der Waals surface area contributed by atoms with E-state index in [2.05, 4.69) is 5.32 Å². The number of nitrogens with one attached hydrogen (secondary N) is 1. The van der Waals surface area contributed by atoms with Crippen LogP contribution in [-0.2, 0) is 4.79 Å². The number of carbonyl (C=O) groups excluding carboxylic acids is 2. The molecule has 3 fully saturated rings. The first-order chi connectivity index (χ1) is 12.9. The number of benzene rings is 1. The zero-order valence-corrected chi connectivity index (χ0v) is 14.9. The Morgan fingerprint density at radius 2 is 1.85 bits per heavy atom. The SMILES string of the molecule is Cc1ccn(-c2ccc(F)cc2)c(=O)c1C(=O)N1C[C@@H]2CC[C@H](C1)C(=O)N2. The van der Waals surface area contributed by atoms with Gasteiger partial charge in [0.15, 0.2) is 0 Å². The molecule has 3 saturated heterocycles. The van der Waals surface area contributed by atoms with Crippen LogP contribution in [0.5, 0.6) is 0 Å². The van der Waals surface area contributed by atoms with Crippen LogP contribution in [0, 0.1) is 18.7 Å². The number of hydrogen-bond donors (Lipinski definition) is 1. The van der Waals surface area contributed by atoms with Crippen molar-refractivity contribution in [2.75, 3.05) is 13.1 Å². The van der Waals surface area contributed by atoms with E-state index in [4.69, 9.17) is 0 Å². The first-order valence-electron chi connectivity index (χ1n) is 9.02. The van der Waals surface area contributed by atoms with Gasteiger partial charge in [0, 0.05) is 31.0 Å². The maximum atomic E-state index is 13.2. The number of piperidine rings is 1. The lowest BCUT2D eigenvalue weighted by Crippen LogP contribution is -2.44. The number of nitrogens with zero attached hydrogens (tertiary/aromatic N) is 2. The fourth-order valence-electron chi connectivity index (χ4n) is 3.86. The van der Waals surface area contributed by atoms with Crippen LogP contribution in [0.3, 0.4) is 0 Å².